The third kappa shape index (κ3) is 1.90. The third-order valence-corrected chi connectivity index (χ3v) is 2.67. The van der Waals surface area contributed by atoms with E-state index in [-0.39, 0.29) is 5.38 Å². The Balaban J connectivity index is 2.32. The Hall–Kier alpha value is -1.29. The smallest absolute Gasteiger partial charge is 0.261 e. The highest BCUT2D eigenvalue weighted by Crippen LogP contribution is 2.26. The second kappa shape index (κ2) is 4.06. The molecule has 1 unspecified atom stereocenters. The van der Waals surface area contributed by atoms with Gasteiger partial charge in [0, 0.05) is 0 Å². The molecule has 2 rings (SSSR count). The maximum atomic E-state index is 6.00. The Labute approximate surface area is 92.2 Å². The van der Waals surface area contributed by atoms with Crippen molar-refractivity contribution in [1.29, 1.82) is 0 Å². The first-order valence-electron chi connectivity index (χ1n) is 4.74. The molecule has 2 aromatic rings. The van der Waals surface area contributed by atoms with Gasteiger partial charge in [-0.3, -0.25) is 0 Å². The predicted molar refractivity (Wildman–Crippen MR) is 55.6 cm³/mol. The molecular formula is C10H11ClN2O2. The Kier molecular flexibility index (Phi) is 2.77. The van der Waals surface area contributed by atoms with Crippen molar-refractivity contribution in [1.82, 2.24) is 10.1 Å². The number of rotatable bonds is 3. The molecular weight excluding hydrogens is 216 g/mol. The molecule has 80 valence electrons. The van der Waals surface area contributed by atoms with Gasteiger partial charge in [-0.05, 0) is 19.4 Å². The van der Waals surface area contributed by atoms with Gasteiger partial charge in [0.2, 0.25) is 0 Å². The van der Waals surface area contributed by atoms with Crippen LogP contribution in [0.2, 0.25) is 0 Å². The predicted octanol–water partition coefficient (Wildman–Crippen LogP) is 3.33. The van der Waals surface area contributed by atoms with Gasteiger partial charge in [-0.25, -0.2) is 0 Å². The van der Waals surface area contributed by atoms with E-state index in [2.05, 4.69) is 10.1 Å². The van der Waals surface area contributed by atoms with Gasteiger partial charge < -0.3 is 8.94 Å². The molecule has 0 N–H and O–H groups in total. The van der Waals surface area contributed by atoms with E-state index in [4.69, 9.17) is 20.5 Å². The van der Waals surface area contributed by atoms with Crippen LogP contribution in [0.1, 0.15) is 30.3 Å². The van der Waals surface area contributed by atoms with E-state index in [1.165, 1.54) is 0 Å². The number of furan rings is 1. The molecule has 0 amide bonds. The molecule has 0 aliphatic rings. The highest BCUT2D eigenvalue weighted by Gasteiger charge is 2.17. The number of nitrogens with zero attached hydrogens (tertiary/aromatic N) is 2. The largest absolute Gasteiger partial charge is 0.469 e. The minimum absolute atomic E-state index is 0.199. The molecule has 1 atom stereocenters. The molecule has 0 aliphatic carbocycles. The Morgan fingerprint density at radius 1 is 1.53 bits per heavy atom. The van der Waals surface area contributed by atoms with Crippen LogP contribution < -0.4 is 0 Å². The van der Waals surface area contributed by atoms with Crippen LogP contribution in [0.15, 0.2) is 21.3 Å². The topological polar surface area (TPSA) is 52.1 Å². The summed E-state index contributed by atoms with van der Waals surface area (Å²) in [6.07, 6.45) is 2.36. The molecule has 0 aliphatic heterocycles. The van der Waals surface area contributed by atoms with Gasteiger partial charge in [-0.15, -0.1) is 11.6 Å². The zero-order chi connectivity index (χ0) is 10.8. The first-order chi connectivity index (χ1) is 7.22. The van der Waals surface area contributed by atoms with Crippen LogP contribution in [0.5, 0.6) is 0 Å². The van der Waals surface area contributed by atoms with Crippen LogP contribution in [0.25, 0.3) is 11.5 Å². The number of aromatic nitrogens is 2. The lowest BCUT2D eigenvalue weighted by Crippen LogP contribution is -1.90. The molecule has 5 heteroatoms. The molecule has 2 heterocycles. The third-order valence-electron chi connectivity index (χ3n) is 2.17. The molecule has 2 aromatic heterocycles. The van der Waals surface area contributed by atoms with Crippen LogP contribution in [0, 0.1) is 6.92 Å². The molecule has 0 saturated heterocycles. The highest BCUT2D eigenvalue weighted by molar-refractivity contribution is 6.20. The lowest BCUT2D eigenvalue weighted by Gasteiger charge is -1.95. The Morgan fingerprint density at radius 2 is 2.33 bits per heavy atom. The molecule has 0 saturated carbocycles. The summed E-state index contributed by atoms with van der Waals surface area (Å²) in [5.41, 5.74) is 0.814. The zero-order valence-corrected chi connectivity index (χ0v) is 9.28. The van der Waals surface area contributed by atoms with Gasteiger partial charge in [0.15, 0.2) is 5.82 Å². The fraction of sp³-hybridized carbons (Fsp3) is 0.400. The summed E-state index contributed by atoms with van der Waals surface area (Å²) < 4.78 is 10.3. The fourth-order valence-electron chi connectivity index (χ4n) is 1.26. The molecule has 0 bridgehead atoms. The first kappa shape index (κ1) is 10.2. The number of hydrogen-bond acceptors (Lipinski definition) is 4. The van der Waals surface area contributed by atoms with E-state index < -0.39 is 0 Å². The van der Waals surface area contributed by atoms with E-state index in [1.54, 1.807) is 12.3 Å². The van der Waals surface area contributed by atoms with Crippen molar-refractivity contribution in [2.45, 2.75) is 25.6 Å². The number of halogens is 1. The molecule has 4 nitrogen and oxygen atoms in total. The summed E-state index contributed by atoms with van der Waals surface area (Å²) in [4.78, 5) is 4.21. The summed E-state index contributed by atoms with van der Waals surface area (Å²) in [6.45, 7) is 3.81. The number of alkyl halides is 1. The quantitative estimate of drug-likeness (QED) is 0.754. The van der Waals surface area contributed by atoms with Gasteiger partial charge in [-0.1, -0.05) is 12.1 Å². The van der Waals surface area contributed by atoms with Crippen LogP contribution >= 0.6 is 11.6 Å². The van der Waals surface area contributed by atoms with Crippen molar-refractivity contribution >= 4 is 11.6 Å². The van der Waals surface area contributed by atoms with Gasteiger partial charge in [-0.2, -0.15) is 4.98 Å². The van der Waals surface area contributed by atoms with E-state index in [0.717, 1.165) is 17.7 Å². The average Bonchev–Trinajstić information content (AvgIpc) is 2.84. The maximum Gasteiger partial charge on any atom is 0.261 e. The monoisotopic (exact) mass is 226 g/mol. The van der Waals surface area contributed by atoms with Crippen molar-refractivity contribution in [3.05, 3.63) is 23.9 Å². The molecule has 15 heavy (non-hydrogen) atoms. The van der Waals surface area contributed by atoms with Gasteiger partial charge >= 0.3 is 0 Å². The first-order valence-corrected chi connectivity index (χ1v) is 5.18. The zero-order valence-electron chi connectivity index (χ0n) is 8.53. The SMILES string of the molecule is CCC(Cl)c1noc(-c2ccoc2C)n1. The van der Waals surface area contributed by atoms with Crippen molar-refractivity contribution in [2.75, 3.05) is 0 Å². The van der Waals surface area contributed by atoms with E-state index in [9.17, 15) is 0 Å². The van der Waals surface area contributed by atoms with Gasteiger partial charge in [0.25, 0.3) is 5.89 Å². The van der Waals surface area contributed by atoms with Gasteiger partial charge in [0.1, 0.15) is 5.76 Å². The lowest BCUT2D eigenvalue weighted by molar-refractivity contribution is 0.420. The summed E-state index contributed by atoms with van der Waals surface area (Å²) in [6, 6.07) is 1.79. The second-order valence-corrected chi connectivity index (χ2v) is 3.75. The summed E-state index contributed by atoms with van der Waals surface area (Å²) in [5.74, 6) is 1.73. The summed E-state index contributed by atoms with van der Waals surface area (Å²) in [5, 5.41) is 3.62. The highest BCUT2D eigenvalue weighted by atomic mass is 35.5. The molecule has 0 spiro atoms. The van der Waals surface area contributed by atoms with Crippen LogP contribution in [0.4, 0.5) is 0 Å². The fourth-order valence-corrected chi connectivity index (χ4v) is 1.35. The number of hydrogen-bond donors (Lipinski definition) is 0. The minimum Gasteiger partial charge on any atom is -0.469 e. The Bertz CT molecular complexity index is 450. The summed E-state index contributed by atoms with van der Waals surface area (Å²) >= 11 is 6.00. The molecule has 0 fully saturated rings. The second-order valence-electron chi connectivity index (χ2n) is 3.22. The maximum absolute atomic E-state index is 6.00. The molecule has 0 aromatic carbocycles. The van der Waals surface area contributed by atoms with Gasteiger partial charge in [0.05, 0.1) is 17.2 Å². The Morgan fingerprint density at radius 3 is 2.93 bits per heavy atom. The van der Waals surface area contributed by atoms with Crippen molar-refractivity contribution < 1.29 is 8.94 Å². The van der Waals surface area contributed by atoms with E-state index in [1.807, 2.05) is 13.8 Å². The van der Waals surface area contributed by atoms with Crippen LogP contribution in [-0.2, 0) is 0 Å². The normalized spacial score (nSPS) is 13.0. The lowest BCUT2D eigenvalue weighted by atomic mass is 10.2. The van der Waals surface area contributed by atoms with Crippen LogP contribution in [-0.4, -0.2) is 10.1 Å². The minimum atomic E-state index is -0.199. The van der Waals surface area contributed by atoms with Crippen molar-refractivity contribution in [3.63, 3.8) is 0 Å². The van der Waals surface area contributed by atoms with E-state index >= 15 is 0 Å². The standard InChI is InChI=1S/C10H11ClN2O2/c1-3-8(11)9-12-10(15-13-9)7-4-5-14-6(7)2/h4-5,8H,3H2,1-2H3. The van der Waals surface area contributed by atoms with Crippen LogP contribution in [0.3, 0.4) is 0 Å². The summed E-state index contributed by atoms with van der Waals surface area (Å²) in [7, 11) is 0. The number of aryl methyl sites for hydroxylation is 1. The van der Waals surface area contributed by atoms with Crippen molar-refractivity contribution in [2.24, 2.45) is 0 Å². The van der Waals surface area contributed by atoms with E-state index in [0.29, 0.717) is 11.7 Å². The average molecular weight is 227 g/mol. The molecule has 0 radical (unpaired) electrons. The van der Waals surface area contributed by atoms with Crippen molar-refractivity contribution in [3.8, 4) is 11.5 Å².